The lowest BCUT2D eigenvalue weighted by molar-refractivity contribution is -0.120. The number of carbonyl (C=O) groups excluding carboxylic acids is 2. The van der Waals surface area contributed by atoms with E-state index in [1.54, 1.807) is 12.1 Å². The zero-order valence-electron chi connectivity index (χ0n) is 7.43. The number of pyridine rings is 1. The molecule has 4 nitrogen and oxygen atoms in total. The zero-order valence-corrected chi connectivity index (χ0v) is 7.43. The molecular formula is C10H8N2O2. The molecule has 0 radical (unpaired) electrons. The number of rotatable bonds is 1. The van der Waals surface area contributed by atoms with Gasteiger partial charge in [-0.25, -0.2) is 4.90 Å². The Morgan fingerprint density at radius 2 is 1.93 bits per heavy atom. The molecule has 0 spiro atoms. The summed E-state index contributed by atoms with van der Waals surface area (Å²) >= 11 is 0. The highest BCUT2D eigenvalue weighted by molar-refractivity contribution is 6.27. The highest BCUT2D eigenvalue weighted by atomic mass is 16.2. The third kappa shape index (κ3) is 1.21. The van der Waals surface area contributed by atoms with E-state index in [2.05, 4.69) is 11.6 Å². The van der Waals surface area contributed by atoms with E-state index in [1.165, 1.54) is 12.4 Å². The van der Waals surface area contributed by atoms with Crippen molar-refractivity contribution in [1.82, 2.24) is 4.98 Å². The highest BCUT2D eigenvalue weighted by Gasteiger charge is 2.33. The fourth-order valence-electron chi connectivity index (χ4n) is 1.36. The van der Waals surface area contributed by atoms with Gasteiger partial charge in [0.05, 0.1) is 12.1 Å². The number of nitrogens with zero attached hydrogens (tertiary/aromatic N) is 2. The molecule has 14 heavy (non-hydrogen) atoms. The Bertz CT molecular complexity index is 411. The normalized spacial score (nSPS) is 16.6. The molecule has 0 unspecified atom stereocenters. The number of carbonyl (C=O) groups is 2. The van der Waals surface area contributed by atoms with Crippen LogP contribution >= 0.6 is 0 Å². The van der Waals surface area contributed by atoms with Gasteiger partial charge in [-0.2, -0.15) is 0 Å². The molecule has 1 aliphatic heterocycles. The molecule has 0 atom stereocenters. The largest absolute Gasteiger partial charge is 0.274 e. The highest BCUT2D eigenvalue weighted by Crippen LogP contribution is 2.23. The van der Waals surface area contributed by atoms with Crippen LogP contribution in [0.3, 0.4) is 0 Å². The minimum atomic E-state index is -0.318. The van der Waals surface area contributed by atoms with Crippen molar-refractivity contribution in [3.63, 3.8) is 0 Å². The minimum absolute atomic E-state index is 0.112. The van der Waals surface area contributed by atoms with E-state index in [-0.39, 0.29) is 18.2 Å². The van der Waals surface area contributed by atoms with Gasteiger partial charge in [0.25, 0.3) is 5.91 Å². The van der Waals surface area contributed by atoms with Gasteiger partial charge in [-0.05, 0) is 12.1 Å². The molecule has 2 heterocycles. The van der Waals surface area contributed by atoms with Crippen LogP contribution in [0.1, 0.15) is 6.42 Å². The van der Waals surface area contributed by atoms with Gasteiger partial charge < -0.3 is 0 Å². The maximum atomic E-state index is 11.5. The van der Waals surface area contributed by atoms with Gasteiger partial charge in [0, 0.05) is 18.0 Å². The second-order valence-corrected chi connectivity index (χ2v) is 3.02. The van der Waals surface area contributed by atoms with E-state index < -0.39 is 0 Å². The van der Waals surface area contributed by atoms with Crippen LogP contribution in [-0.4, -0.2) is 16.8 Å². The second kappa shape index (κ2) is 3.06. The van der Waals surface area contributed by atoms with Crippen LogP contribution in [0.15, 0.2) is 36.7 Å². The maximum absolute atomic E-state index is 11.5. The van der Waals surface area contributed by atoms with Gasteiger partial charge >= 0.3 is 0 Å². The van der Waals surface area contributed by atoms with Crippen molar-refractivity contribution in [1.29, 1.82) is 0 Å². The first-order valence-corrected chi connectivity index (χ1v) is 4.15. The van der Waals surface area contributed by atoms with Crippen molar-refractivity contribution in [2.45, 2.75) is 6.42 Å². The summed E-state index contributed by atoms with van der Waals surface area (Å²) in [5.41, 5.74) is 0.889. The molecule has 2 amide bonds. The van der Waals surface area contributed by atoms with Gasteiger partial charge in [0.15, 0.2) is 0 Å². The third-order valence-corrected chi connectivity index (χ3v) is 2.04. The molecule has 1 aliphatic rings. The summed E-state index contributed by atoms with van der Waals surface area (Å²) in [6, 6.07) is 3.24. The van der Waals surface area contributed by atoms with Crippen LogP contribution in [-0.2, 0) is 9.59 Å². The Labute approximate surface area is 80.9 Å². The van der Waals surface area contributed by atoms with Gasteiger partial charge in [0.1, 0.15) is 0 Å². The predicted molar refractivity (Wildman–Crippen MR) is 50.5 cm³/mol. The van der Waals surface area contributed by atoms with E-state index >= 15 is 0 Å². The first-order chi connectivity index (χ1) is 6.70. The smallest absolute Gasteiger partial charge is 0.260 e. The Morgan fingerprint density at radius 3 is 2.43 bits per heavy atom. The van der Waals surface area contributed by atoms with Gasteiger partial charge in [-0.15, -0.1) is 0 Å². The number of hydrogen-bond donors (Lipinski definition) is 0. The van der Waals surface area contributed by atoms with E-state index in [4.69, 9.17) is 0 Å². The van der Waals surface area contributed by atoms with E-state index in [1.807, 2.05) is 0 Å². The Balaban J connectivity index is 2.41. The van der Waals surface area contributed by atoms with Crippen LogP contribution in [0.2, 0.25) is 0 Å². The van der Waals surface area contributed by atoms with E-state index in [9.17, 15) is 9.59 Å². The number of aromatic nitrogens is 1. The molecule has 1 aromatic rings. The topological polar surface area (TPSA) is 50.3 Å². The molecule has 4 heteroatoms. The third-order valence-electron chi connectivity index (χ3n) is 2.04. The summed E-state index contributed by atoms with van der Waals surface area (Å²) in [4.78, 5) is 27.9. The Kier molecular flexibility index (Phi) is 1.89. The molecule has 0 aromatic carbocycles. The Morgan fingerprint density at radius 1 is 1.29 bits per heavy atom. The molecule has 2 rings (SSSR count). The van der Waals surface area contributed by atoms with Crippen LogP contribution in [0.5, 0.6) is 0 Å². The average Bonchev–Trinajstić information content (AvgIpc) is 2.43. The first kappa shape index (κ1) is 8.62. The molecule has 1 fully saturated rings. The number of imide groups is 1. The minimum Gasteiger partial charge on any atom is -0.274 e. The summed E-state index contributed by atoms with van der Waals surface area (Å²) < 4.78 is 0. The lowest BCUT2D eigenvalue weighted by atomic mass is 10.3. The van der Waals surface area contributed by atoms with Gasteiger partial charge in [0.2, 0.25) is 5.91 Å². The first-order valence-electron chi connectivity index (χ1n) is 4.15. The lowest BCUT2D eigenvalue weighted by Gasteiger charge is -2.12. The molecule has 0 saturated carbocycles. The number of amides is 2. The molecule has 1 aromatic heterocycles. The Hall–Kier alpha value is -1.97. The van der Waals surface area contributed by atoms with E-state index in [0.29, 0.717) is 11.3 Å². The van der Waals surface area contributed by atoms with Crippen molar-refractivity contribution in [3.05, 3.63) is 36.7 Å². The second-order valence-electron chi connectivity index (χ2n) is 3.02. The van der Waals surface area contributed by atoms with Crippen LogP contribution in [0, 0.1) is 0 Å². The van der Waals surface area contributed by atoms with Crippen molar-refractivity contribution in [2.24, 2.45) is 0 Å². The van der Waals surface area contributed by atoms with Crippen molar-refractivity contribution in [3.8, 4) is 0 Å². The van der Waals surface area contributed by atoms with Crippen LogP contribution in [0.25, 0.3) is 0 Å². The van der Waals surface area contributed by atoms with Crippen molar-refractivity contribution in [2.75, 3.05) is 4.90 Å². The summed E-state index contributed by atoms with van der Waals surface area (Å²) in [6.45, 7) is 3.53. The van der Waals surface area contributed by atoms with Crippen LogP contribution in [0.4, 0.5) is 5.69 Å². The molecular weight excluding hydrogens is 180 g/mol. The fraction of sp³-hybridized carbons (Fsp3) is 0.100. The fourth-order valence-corrected chi connectivity index (χ4v) is 1.36. The molecule has 1 saturated heterocycles. The molecule has 0 bridgehead atoms. The predicted octanol–water partition coefficient (Wildman–Crippen LogP) is 0.901. The molecule has 70 valence electrons. The average molecular weight is 188 g/mol. The summed E-state index contributed by atoms with van der Waals surface area (Å²) in [6.07, 6.45) is 3.19. The quantitative estimate of drug-likeness (QED) is 0.486. The number of hydrogen-bond acceptors (Lipinski definition) is 3. The molecule has 0 aliphatic carbocycles. The zero-order chi connectivity index (χ0) is 10.1. The monoisotopic (exact) mass is 188 g/mol. The van der Waals surface area contributed by atoms with Crippen LogP contribution < -0.4 is 4.90 Å². The van der Waals surface area contributed by atoms with Crippen molar-refractivity contribution < 1.29 is 9.59 Å². The number of anilines is 1. The molecule has 0 N–H and O–H groups in total. The summed E-state index contributed by atoms with van der Waals surface area (Å²) in [5.74, 6) is -0.549. The van der Waals surface area contributed by atoms with Gasteiger partial charge in [-0.1, -0.05) is 6.58 Å². The summed E-state index contributed by atoms with van der Waals surface area (Å²) in [7, 11) is 0. The standard InChI is InChI=1S/C10H8N2O2/c1-7-6-9(13)12(10(7)14)8-2-4-11-5-3-8/h2-5H,1,6H2. The summed E-state index contributed by atoms with van der Waals surface area (Å²) in [5, 5.41) is 0. The van der Waals surface area contributed by atoms with E-state index in [0.717, 1.165) is 4.90 Å². The SMILES string of the molecule is C=C1CC(=O)N(c2ccncc2)C1=O. The lowest BCUT2D eigenvalue weighted by Crippen LogP contribution is -2.28. The maximum Gasteiger partial charge on any atom is 0.260 e. The van der Waals surface area contributed by atoms with Gasteiger partial charge in [-0.3, -0.25) is 14.6 Å². The van der Waals surface area contributed by atoms with Crippen molar-refractivity contribution >= 4 is 17.5 Å².